The van der Waals surface area contributed by atoms with Crippen molar-refractivity contribution in [3.05, 3.63) is 64.2 Å². The number of amides is 1. The van der Waals surface area contributed by atoms with E-state index in [2.05, 4.69) is 26.9 Å². The number of nitrogens with one attached hydrogen (secondary N) is 1. The molecule has 0 fully saturated rings. The molecule has 6 nitrogen and oxygen atoms in total. The Bertz CT molecular complexity index is 907. The normalized spacial score (nSPS) is 10.7. The maximum absolute atomic E-state index is 12.1. The van der Waals surface area contributed by atoms with Crippen molar-refractivity contribution in [3.63, 3.8) is 0 Å². The highest BCUT2D eigenvalue weighted by Gasteiger charge is 2.12. The Morgan fingerprint density at radius 3 is 2.65 bits per heavy atom. The van der Waals surface area contributed by atoms with Gasteiger partial charge in [0.15, 0.2) is 0 Å². The number of thioether (sulfide) groups is 1. The number of carbonyl (C=O) groups excluding carboxylic acids is 1. The highest BCUT2D eigenvalue weighted by molar-refractivity contribution is 7.99. The third-order valence-electron chi connectivity index (χ3n) is 3.66. The Morgan fingerprint density at radius 1 is 1.19 bits per heavy atom. The van der Waals surface area contributed by atoms with E-state index < -0.39 is 0 Å². The summed E-state index contributed by atoms with van der Waals surface area (Å²) in [6.45, 7) is 4.44. The van der Waals surface area contributed by atoms with E-state index >= 15 is 0 Å². The van der Waals surface area contributed by atoms with Gasteiger partial charge in [-0.3, -0.25) is 4.79 Å². The molecule has 3 aromatic rings. The van der Waals surface area contributed by atoms with Crippen molar-refractivity contribution in [2.75, 3.05) is 5.75 Å². The molecule has 0 aliphatic carbocycles. The van der Waals surface area contributed by atoms with Crippen molar-refractivity contribution in [1.82, 2.24) is 25.5 Å². The van der Waals surface area contributed by atoms with Gasteiger partial charge in [0, 0.05) is 11.6 Å². The molecule has 0 saturated carbocycles. The van der Waals surface area contributed by atoms with E-state index in [-0.39, 0.29) is 11.7 Å². The number of carbonyl (C=O) groups is 1. The van der Waals surface area contributed by atoms with Gasteiger partial charge in [0.25, 0.3) is 0 Å². The Morgan fingerprint density at radius 2 is 1.92 bits per heavy atom. The zero-order valence-electron chi connectivity index (χ0n) is 14.4. The van der Waals surface area contributed by atoms with Crippen LogP contribution in [0, 0.1) is 13.8 Å². The van der Waals surface area contributed by atoms with Crippen molar-refractivity contribution in [2.45, 2.75) is 25.5 Å². The van der Waals surface area contributed by atoms with Gasteiger partial charge in [0.05, 0.1) is 11.4 Å². The average molecular weight is 388 g/mol. The topological polar surface area (TPSA) is 72.7 Å². The number of benzene rings is 2. The van der Waals surface area contributed by atoms with Crippen molar-refractivity contribution in [2.24, 2.45) is 0 Å². The zero-order valence-corrected chi connectivity index (χ0v) is 16.0. The molecule has 1 heterocycles. The van der Waals surface area contributed by atoms with E-state index in [0.29, 0.717) is 16.7 Å². The Balaban J connectivity index is 1.61. The second-order valence-electron chi connectivity index (χ2n) is 5.88. The summed E-state index contributed by atoms with van der Waals surface area (Å²) in [5.41, 5.74) is 4.02. The van der Waals surface area contributed by atoms with Gasteiger partial charge in [-0.25, -0.2) is 0 Å². The predicted molar refractivity (Wildman–Crippen MR) is 103 cm³/mol. The van der Waals surface area contributed by atoms with Crippen LogP contribution in [0.2, 0.25) is 5.02 Å². The van der Waals surface area contributed by atoms with Gasteiger partial charge in [-0.1, -0.05) is 47.6 Å². The van der Waals surface area contributed by atoms with Gasteiger partial charge in [-0.15, -0.1) is 5.10 Å². The van der Waals surface area contributed by atoms with Gasteiger partial charge in [0.2, 0.25) is 11.1 Å². The molecule has 0 radical (unpaired) electrons. The van der Waals surface area contributed by atoms with Crippen LogP contribution in [0.15, 0.2) is 47.6 Å². The lowest BCUT2D eigenvalue weighted by molar-refractivity contribution is -0.118. The van der Waals surface area contributed by atoms with Gasteiger partial charge >= 0.3 is 0 Å². The molecule has 1 amide bonds. The first-order valence-corrected chi connectivity index (χ1v) is 9.39. The van der Waals surface area contributed by atoms with Crippen molar-refractivity contribution < 1.29 is 4.79 Å². The highest BCUT2D eigenvalue weighted by Crippen LogP contribution is 2.20. The standard InChI is InChI=1S/C18H18ClN5OS/c1-12-7-13(2)9-15(8-12)24-18(21-22-23-24)26-11-17(25)20-10-14-5-3-4-6-16(14)19/h3-9H,10-11H2,1-2H3,(H,20,25). The van der Waals surface area contributed by atoms with Crippen LogP contribution in [0.5, 0.6) is 0 Å². The Labute approximate surface area is 160 Å². The molecule has 0 spiro atoms. The first-order valence-electron chi connectivity index (χ1n) is 8.03. The molecule has 26 heavy (non-hydrogen) atoms. The number of hydrogen-bond acceptors (Lipinski definition) is 5. The highest BCUT2D eigenvalue weighted by atomic mass is 35.5. The summed E-state index contributed by atoms with van der Waals surface area (Å²) < 4.78 is 1.64. The fourth-order valence-corrected chi connectivity index (χ4v) is 3.44. The summed E-state index contributed by atoms with van der Waals surface area (Å²) in [4.78, 5) is 12.1. The third kappa shape index (κ3) is 4.62. The average Bonchev–Trinajstić information content (AvgIpc) is 3.07. The molecule has 0 aliphatic heterocycles. The molecule has 3 rings (SSSR count). The van der Waals surface area contributed by atoms with Crippen LogP contribution in [0.3, 0.4) is 0 Å². The number of aryl methyl sites for hydroxylation is 2. The smallest absolute Gasteiger partial charge is 0.230 e. The maximum Gasteiger partial charge on any atom is 0.230 e. The van der Waals surface area contributed by atoms with Crippen molar-refractivity contribution >= 4 is 29.3 Å². The predicted octanol–water partition coefficient (Wildman–Crippen LogP) is 3.34. The number of hydrogen-bond donors (Lipinski definition) is 1. The molecule has 134 valence electrons. The van der Waals surface area contributed by atoms with E-state index in [1.54, 1.807) is 10.7 Å². The number of rotatable bonds is 6. The van der Waals surface area contributed by atoms with E-state index in [1.807, 2.05) is 44.2 Å². The molecule has 0 atom stereocenters. The summed E-state index contributed by atoms with van der Waals surface area (Å²) in [5, 5.41) is 15.9. The summed E-state index contributed by atoms with van der Waals surface area (Å²) in [6.07, 6.45) is 0. The minimum absolute atomic E-state index is 0.107. The SMILES string of the molecule is Cc1cc(C)cc(-n2nnnc2SCC(=O)NCc2ccccc2Cl)c1. The molecule has 0 aliphatic rings. The van der Waals surface area contributed by atoms with Gasteiger partial charge in [0.1, 0.15) is 0 Å². The monoisotopic (exact) mass is 387 g/mol. The number of nitrogens with zero attached hydrogens (tertiary/aromatic N) is 4. The molecule has 0 unspecified atom stereocenters. The summed E-state index contributed by atoms with van der Waals surface area (Å²) in [5.74, 6) is 0.111. The maximum atomic E-state index is 12.1. The van der Waals surface area contributed by atoms with Crippen LogP contribution < -0.4 is 5.32 Å². The number of halogens is 1. The summed E-state index contributed by atoms with van der Waals surface area (Å²) >= 11 is 7.38. The largest absolute Gasteiger partial charge is 0.351 e. The first kappa shape index (κ1) is 18.4. The summed E-state index contributed by atoms with van der Waals surface area (Å²) in [7, 11) is 0. The lowest BCUT2D eigenvalue weighted by Gasteiger charge is -2.08. The lowest BCUT2D eigenvalue weighted by atomic mass is 10.1. The molecule has 8 heteroatoms. The molecule has 1 aromatic heterocycles. The van der Waals surface area contributed by atoms with Crippen LogP contribution >= 0.6 is 23.4 Å². The van der Waals surface area contributed by atoms with E-state index in [9.17, 15) is 4.79 Å². The van der Waals surface area contributed by atoms with Crippen LogP contribution in [0.4, 0.5) is 0 Å². The van der Waals surface area contributed by atoms with E-state index in [1.165, 1.54) is 11.8 Å². The number of aromatic nitrogens is 4. The van der Waals surface area contributed by atoms with Gasteiger partial charge in [-0.05, 0) is 59.2 Å². The van der Waals surface area contributed by atoms with Gasteiger partial charge < -0.3 is 5.32 Å². The Hall–Kier alpha value is -2.38. The molecular formula is C18H18ClN5OS. The minimum atomic E-state index is -0.107. The minimum Gasteiger partial charge on any atom is -0.351 e. The van der Waals surface area contributed by atoms with Crippen LogP contribution in [-0.2, 0) is 11.3 Å². The second kappa shape index (κ2) is 8.33. The second-order valence-corrected chi connectivity index (χ2v) is 7.23. The summed E-state index contributed by atoms with van der Waals surface area (Å²) in [6, 6.07) is 13.5. The third-order valence-corrected chi connectivity index (χ3v) is 4.95. The Kier molecular flexibility index (Phi) is 5.90. The van der Waals surface area contributed by atoms with Crippen LogP contribution in [0.1, 0.15) is 16.7 Å². The fraction of sp³-hybridized carbons (Fsp3) is 0.222. The van der Waals surface area contributed by atoms with Crippen LogP contribution in [0.25, 0.3) is 5.69 Å². The molecule has 0 saturated heterocycles. The molecular weight excluding hydrogens is 370 g/mol. The van der Waals surface area contributed by atoms with Crippen molar-refractivity contribution in [3.8, 4) is 5.69 Å². The van der Waals surface area contributed by atoms with E-state index in [0.717, 1.165) is 22.4 Å². The number of tetrazole rings is 1. The molecule has 2 aromatic carbocycles. The zero-order chi connectivity index (χ0) is 18.5. The molecule has 0 bridgehead atoms. The van der Waals surface area contributed by atoms with Crippen LogP contribution in [-0.4, -0.2) is 31.9 Å². The quantitative estimate of drug-likeness (QED) is 0.657. The fourth-order valence-electron chi connectivity index (χ4n) is 2.52. The van der Waals surface area contributed by atoms with E-state index in [4.69, 9.17) is 11.6 Å². The lowest BCUT2D eigenvalue weighted by Crippen LogP contribution is -2.24. The first-order chi connectivity index (χ1) is 12.5. The van der Waals surface area contributed by atoms with Gasteiger partial charge in [-0.2, -0.15) is 4.68 Å². The molecule has 1 N–H and O–H groups in total. The van der Waals surface area contributed by atoms with Crippen molar-refractivity contribution in [1.29, 1.82) is 0 Å².